The van der Waals surface area contributed by atoms with E-state index >= 15 is 0 Å². The van der Waals surface area contributed by atoms with Crippen LogP contribution in [-0.4, -0.2) is 14.6 Å². The van der Waals surface area contributed by atoms with Crippen LogP contribution >= 0.6 is 11.3 Å². The number of benzene rings is 2. The van der Waals surface area contributed by atoms with Gasteiger partial charge in [0.2, 0.25) is 0 Å². The molecule has 140 valence electrons. The quantitative estimate of drug-likeness (QED) is 0.574. The molecular weight excluding hydrogens is 376 g/mol. The fraction of sp³-hybridized carbons (Fsp3) is 0.190. The van der Waals surface area contributed by atoms with Gasteiger partial charge >= 0.3 is 0 Å². The number of thiophene rings is 1. The normalized spacial score (nSPS) is 11.9. The molecule has 0 aliphatic heterocycles. The summed E-state index contributed by atoms with van der Waals surface area (Å²) in [5.74, 6) is 0. The summed E-state index contributed by atoms with van der Waals surface area (Å²) in [6.07, 6.45) is 1.81. The summed E-state index contributed by atoms with van der Waals surface area (Å²) in [6.45, 7) is 7.84. The zero-order chi connectivity index (χ0) is 19.6. The highest BCUT2D eigenvalue weighted by atomic mass is 32.2. The van der Waals surface area contributed by atoms with E-state index in [1.807, 2.05) is 51.3 Å². The first-order chi connectivity index (χ1) is 12.8. The zero-order valence-corrected chi connectivity index (χ0v) is 17.4. The Balaban J connectivity index is 1.82. The second kappa shape index (κ2) is 7.66. The standard InChI is InChI=1S/C21H22N2O2S2/c1-14-11-16(3)21(17(4)12-14)23-27(24,25)19-7-5-18(6-8-19)22-13-20-15(2)9-10-26-20/h5-13,23H,1-4H3. The summed E-state index contributed by atoms with van der Waals surface area (Å²) in [6, 6.07) is 12.6. The van der Waals surface area contributed by atoms with Gasteiger partial charge in [-0.3, -0.25) is 9.71 Å². The van der Waals surface area contributed by atoms with Crippen LogP contribution in [0.4, 0.5) is 11.4 Å². The molecule has 0 amide bonds. The first-order valence-electron chi connectivity index (χ1n) is 8.55. The van der Waals surface area contributed by atoms with Crippen molar-refractivity contribution in [3.8, 4) is 0 Å². The number of sulfonamides is 1. The van der Waals surface area contributed by atoms with Gasteiger partial charge in [0.05, 0.1) is 16.3 Å². The molecule has 1 heterocycles. The smallest absolute Gasteiger partial charge is 0.261 e. The lowest BCUT2D eigenvalue weighted by Gasteiger charge is -2.14. The number of nitrogens with one attached hydrogen (secondary N) is 1. The van der Waals surface area contributed by atoms with Crippen LogP contribution < -0.4 is 4.72 Å². The lowest BCUT2D eigenvalue weighted by atomic mass is 10.1. The maximum Gasteiger partial charge on any atom is 0.261 e. The Morgan fingerprint density at radius 1 is 0.926 bits per heavy atom. The molecule has 3 aromatic rings. The zero-order valence-electron chi connectivity index (χ0n) is 15.8. The monoisotopic (exact) mass is 398 g/mol. The van der Waals surface area contributed by atoms with Gasteiger partial charge in [0.25, 0.3) is 10.0 Å². The van der Waals surface area contributed by atoms with Crippen LogP contribution in [-0.2, 0) is 10.0 Å². The van der Waals surface area contributed by atoms with Gasteiger partial charge in [-0.15, -0.1) is 11.3 Å². The Kier molecular flexibility index (Phi) is 5.48. The van der Waals surface area contributed by atoms with Gasteiger partial charge in [-0.2, -0.15) is 0 Å². The number of aliphatic imine (C=N–C) groups is 1. The first kappa shape index (κ1) is 19.3. The van der Waals surface area contributed by atoms with Crippen molar-refractivity contribution in [3.05, 3.63) is 75.0 Å². The topological polar surface area (TPSA) is 58.5 Å². The van der Waals surface area contributed by atoms with E-state index in [0.717, 1.165) is 21.6 Å². The second-order valence-corrected chi connectivity index (χ2v) is 9.23. The average Bonchev–Trinajstić information content (AvgIpc) is 3.02. The van der Waals surface area contributed by atoms with Crippen LogP contribution in [0.25, 0.3) is 0 Å². The minimum Gasteiger partial charge on any atom is -0.279 e. The number of hydrogen-bond donors (Lipinski definition) is 1. The summed E-state index contributed by atoms with van der Waals surface area (Å²) in [5.41, 5.74) is 5.44. The molecule has 0 saturated carbocycles. The van der Waals surface area contributed by atoms with Crippen LogP contribution in [0.15, 0.2) is 57.7 Å². The summed E-state index contributed by atoms with van der Waals surface area (Å²) < 4.78 is 28.2. The van der Waals surface area contributed by atoms with E-state index < -0.39 is 10.0 Å². The molecule has 0 aliphatic rings. The molecule has 2 aromatic carbocycles. The van der Waals surface area contributed by atoms with Crippen molar-refractivity contribution >= 4 is 38.9 Å². The fourth-order valence-corrected chi connectivity index (χ4v) is 4.88. The third kappa shape index (κ3) is 4.46. The molecule has 0 aliphatic carbocycles. The third-order valence-electron chi connectivity index (χ3n) is 4.29. The van der Waals surface area contributed by atoms with Crippen molar-refractivity contribution in [2.24, 2.45) is 4.99 Å². The largest absolute Gasteiger partial charge is 0.279 e. The van der Waals surface area contributed by atoms with Crippen LogP contribution in [0.3, 0.4) is 0 Å². The summed E-state index contributed by atoms with van der Waals surface area (Å²) in [4.78, 5) is 5.74. The summed E-state index contributed by atoms with van der Waals surface area (Å²) in [7, 11) is -3.65. The number of rotatable bonds is 5. The van der Waals surface area contributed by atoms with Crippen LogP contribution in [0, 0.1) is 27.7 Å². The molecular formula is C21H22N2O2S2. The highest BCUT2D eigenvalue weighted by molar-refractivity contribution is 7.92. The lowest BCUT2D eigenvalue weighted by molar-refractivity contribution is 0.601. The first-order valence-corrected chi connectivity index (χ1v) is 10.9. The van der Waals surface area contributed by atoms with E-state index in [-0.39, 0.29) is 4.90 Å². The Morgan fingerprint density at radius 3 is 2.11 bits per heavy atom. The second-order valence-electron chi connectivity index (χ2n) is 6.60. The van der Waals surface area contributed by atoms with Crippen LogP contribution in [0.5, 0.6) is 0 Å². The highest BCUT2D eigenvalue weighted by Crippen LogP contribution is 2.26. The molecule has 0 saturated heterocycles. The van der Waals surface area contributed by atoms with E-state index in [0.29, 0.717) is 11.4 Å². The van der Waals surface area contributed by atoms with Gasteiger partial charge in [-0.1, -0.05) is 17.7 Å². The van der Waals surface area contributed by atoms with Gasteiger partial charge < -0.3 is 0 Å². The molecule has 0 atom stereocenters. The van der Waals surface area contributed by atoms with E-state index in [2.05, 4.69) is 9.71 Å². The Bertz CT molecular complexity index is 1070. The van der Waals surface area contributed by atoms with E-state index in [4.69, 9.17) is 0 Å². The minimum atomic E-state index is -3.65. The molecule has 1 aromatic heterocycles. The molecule has 3 rings (SSSR count). The predicted octanol–water partition coefficient (Wildman–Crippen LogP) is 5.53. The maximum atomic E-state index is 12.7. The van der Waals surface area contributed by atoms with Gasteiger partial charge in [-0.05, 0) is 80.1 Å². The van der Waals surface area contributed by atoms with Crippen molar-refractivity contribution < 1.29 is 8.42 Å². The molecule has 4 nitrogen and oxygen atoms in total. The van der Waals surface area contributed by atoms with E-state index in [1.54, 1.807) is 41.8 Å². The molecule has 0 unspecified atom stereocenters. The molecule has 0 radical (unpaired) electrons. The Labute approximate surface area is 164 Å². The fourth-order valence-electron chi connectivity index (χ4n) is 2.90. The molecule has 0 bridgehead atoms. The number of aryl methyl sites for hydroxylation is 4. The van der Waals surface area contributed by atoms with Crippen LogP contribution in [0.1, 0.15) is 27.1 Å². The van der Waals surface area contributed by atoms with E-state index in [1.165, 1.54) is 5.56 Å². The highest BCUT2D eigenvalue weighted by Gasteiger charge is 2.16. The number of anilines is 1. The molecule has 0 fully saturated rings. The molecule has 27 heavy (non-hydrogen) atoms. The maximum absolute atomic E-state index is 12.7. The predicted molar refractivity (Wildman–Crippen MR) is 114 cm³/mol. The average molecular weight is 399 g/mol. The Hall–Kier alpha value is -2.44. The molecule has 0 spiro atoms. The van der Waals surface area contributed by atoms with Gasteiger partial charge in [-0.25, -0.2) is 8.42 Å². The molecule has 1 N–H and O–H groups in total. The van der Waals surface area contributed by atoms with Gasteiger partial charge in [0.15, 0.2) is 0 Å². The van der Waals surface area contributed by atoms with E-state index in [9.17, 15) is 8.42 Å². The Morgan fingerprint density at radius 2 is 1.56 bits per heavy atom. The van der Waals surface area contributed by atoms with Crippen molar-refractivity contribution in [3.63, 3.8) is 0 Å². The van der Waals surface area contributed by atoms with Crippen molar-refractivity contribution in [2.75, 3.05) is 4.72 Å². The summed E-state index contributed by atoms with van der Waals surface area (Å²) in [5, 5.41) is 2.02. The number of hydrogen-bond acceptors (Lipinski definition) is 4. The number of nitrogens with zero attached hydrogens (tertiary/aromatic N) is 1. The lowest BCUT2D eigenvalue weighted by Crippen LogP contribution is -2.14. The van der Waals surface area contributed by atoms with Crippen molar-refractivity contribution in [1.29, 1.82) is 0 Å². The van der Waals surface area contributed by atoms with Crippen molar-refractivity contribution in [1.82, 2.24) is 0 Å². The van der Waals surface area contributed by atoms with Gasteiger partial charge in [0, 0.05) is 11.1 Å². The molecule has 6 heteroatoms. The third-order valence-corrected chi connectivity index (χ3v) is 6.61. The van der Waals surface area contributed by atoms with Gasteiger partial charge in [0.1, 0.15) is 0 Å². The minimum absolute atomic E-state index is 0.216. The van der Waals surface area contributed by atoms with Crippen molar-refractivity contribution in [2.45, 2.75) is 32.6 Å². The van der Waals surface area contributed by atoms with Crippen LogP contribution in [0.2, 0.25) is 0 Å². The summed E-state index contributed by atoms with van der Waals surface area (Å²) >= 11 is 1.63. The SMILES string of the molecule is Cc1cc(C)c(NS(=O)(=O)c2ccc(N=Cc3sccc3C)cc2)c(C)c1.